The second kappa shape index (κ2) is 6.92. The van der Waals surface area contributed by atoms with Crippen molar-refractivity contribution in [2.75, 3.05) is 11.4 Å². The average molecular weight is 361 g/mol. The van der Waals surface area contributed by atoms with Crippen LogP contribution in [0.1, 0.15) is 18.4 Å². The van der Waals surface area contributed by atoms with Crippen LogP contribution in [-0.4, -0.2) is 17.6 Å². The number of aromatic nitrogens is 1. The number of rotatable bonds is 5. The molecule has 0 saturated heterocycles. The van der Waals surface area contributed by atoms with E-state index in [1.54, 1.807) is 17.3 Å². The number of benzene rings is 1. The Morgan fingerprint density at radius 3 is 2.73 bits per heavy atom. The van der Waals surface area contributed by atoms with E-state index >= 15 is 0 Å². The number of pyridine rings is 1. The Hall–Kier alpha value is -1.88. The van der Waals surface area contributed by atoms with Gasteiger partial charge in [0, 0.05) is 17.2 Å². The Kier molecular flexibility index (Phi) is 4.73. The summed E-state index contributed by atoms with van der Waals surface area (Å²) >= 11 is 3.40. The molecule has 1 aliphatic rings. The Bertz CT molecular complexity index is 644. The SMILES string of the molecule is O=C(OCc1ccccc1)N(CC1CC1)c1cncc(Br)c1. The van der Waals surface area contributed by atoms with Crippen LogP contribution in [0.3, 0.4) is 0 Å². The van der Waals surface area contributed by atoms with Gasteiger partial charge in [0.15, 0.2) is 0 Å². The molecule has 3 rings (SSSR count). The summed E-state index contributed by atoms with van der Waals surface area (Å²) in [7, 11) is 0. The van der Waals surface area contributed by atoms with E-state index in [1.165, 1.54) is 12.8 Å². The van der Waals surface area contributed by atoms with Crippen LogP contribution in [0.15, 0.2) is 53.3 Å². The molecule has 0 N–H and O–H groups in total. The molecule has 2 aromatic rings. The molecule has 1 aromatic heterocycles. The van der Waals surface area contributed by atoms with Gasteiger partial charge in [-0.3, -0.25) is 9.88 Å². The third kappa shape index (κ3) is 4.07. The Labute approximate surface area is 138 Å². The van der Waals surface area contributed by atoms with E-state index in [0.29, 0.717) is 12.5 Å². The molecule has 1 aliphatic carbocycles. The van der Waals surface area contributed by atoms with E-state index in [0.717, 1.165) is 15.7 Å². The molecule has 5 heteroatoms. The molecule has 0 atom stereocenters. The van der Waals surface area contributed by atoms with Crippen LogP contribution < -0.4 is 4.90 Å². The number of hydrogen-bond donors (Lipinski definition) is 0. The number of halogens is 1. The van der Waals surface area contributed by atoms with Gasteiger partial charge in [0.25, 0.3) is 0 Å². The van der Waals surface area contributed by atoms with Crippen molar-refractivity contribution in [1.82, 2.24) is 4.98 Å². The van der Waals surface area contributed by atoms with E-state index < -0.39 is 0 Å². The molecule has 0 unspecified atom stereocenters. The van der Waals surface area contributed by atoms with Crippen molar-refractivity contribution in [3.63, 3.8) is 0 Å². The molecular formula is C17H17BrN2O2. The minimum absolute atomic E-state index is 0.280. The summed E-state index contributed by atoms with van der Waals surface area (Å²) in [6, 6.07) is 11.6. The van der Waals surface area contributed by atoms with Crippen molar-refractivity contribution < 1.29 is 9.53 Å². The van der Waals surface area contributed by atoms with E-state index in [-0.39, 0.29) is 12.7 Å². The zero-order chi connectivity index (χ0) is 15.4. The fourth-order valence-electron chi connectivity index (χ4n) is 2.19. The Balaban J connectivity index is 1.69. The number of anilines is 1. The second-order valence-electron chi connectivity index (χ2n) is 5.46. The Morgan fingerprint density at radius 1 is 1.27 bits per heavy atom. The molecule has 4 nitrogen and oxygen atoms in total. The molecule has 22 heavy (non-hydrogen) atoms. The highest BCUT2D eigenvalue weighted by Gasteiger charge is 2.28. The molecule has 0 radical (unpaired) electrons. The normalized spacial score (nSPS) is 13.7. The fraction of sp³-hybridized carbons (Fsp3) is 0.294. The summed E-state index contributed by atoms with van der Waals surface area (Å²) < 4.78 is 6.31. The van der Waals surface area contributed by atoms with Crippen LogP contribution in [0.25, 0.3) is 0 Å². The molecule has 0 bridgehead atoms. The van der Waals surface area contributed by atoms with Crippen molar-refractivity contribution in [3.05, 3.63) is 58.8 Å². The quantitative estimate of drug-likeness (QED) is 0.793. The third-order valence-electron chi connectivity index (χ3n) is 3.57. The molecule has 1 amide bonds. The molecule has 1 aromatic carbocycles. The summed E-state index contributed by atoms with van der Waals surface area (Å²) in [6.45, 7) is 0.966. The zero-order valence-corrected chi connectivity index (χ0v) is 13.7. The average Bonchev–Trinajstić information content (AvgIpc) is 3.35. The highest BCUT2D eigenvalue weighted by atomic mass is 79.9. The van der Waals surface area contributed by atoms with Gasteiger partial charge in [-0.05, 0) is 46.3 Å². The monoisotopic (exact) mass is 360 g/mol. The van der Waals surface area contributed by atoms with Crippen molar-refractivity contribution in [2.45, 2.75) is 19.4 Å². The molecule has 1 saturated carbocycles. The van der Waals surface area contributed by atoms with Gasteiger partial charge < -0.3 is 4.74 Å². The lowest BCUT2D eigenvalue weighted by atomic mass is 10.2. The maximum atomic E-state index is 12.5. The number of carbonyl (C=O) groups excluding carboxylic acids is 1. The predicted octanol–water partition coefficient (Wildman–Crippen LogP) is 4.40. The van der Waals surface area contributed by atoms with E-state index in [4.69, 9.17) is 4.74 Å². The molecular weight excluding hydrogens is 344 g/mol. The maximum Gasteiger partial charge on any atom is 0.414 e. The van der Waals surface area contributed by atoms with Gasteiger partial charge in [0.2, 0.25) is 0 Å². The Morgan fingerprint density at radius 2 is 2.05 bits per heavy atom. The number of hydrogen-bond acceptors (Lipinski definition) is 3. The van der Waals surface area contributed by atoms with E-state index in [2.05, 4.69) is 20.9 Å². The third-order valence-corrected chi connectivity index (χ3v) is 4.00. The summed E-state index contributed by atoms with van der Waals surface area (Å²) in [5.41, 5.74) is 1.74. The fourth-order valence-corrected chi connectivity index (χ4v) is 2.54. The lowest BCUT2D eigenvalue weighted by molar-refractivity contribution is 0.146. The van der Waals surface area contributed by atoms with Gasteiger partial charge in [0.1, 0.15) is 6.61 Å². The summed E-state index contributed by atoms with van der Waals surface area (Å²) in [5.74, 6) is 0.572. The number of ether oxygens (including phenoxy) is 1. The smallest absolute Gasteiger partial charge is 0.414 e. The van der Waals surface area contributed by atoms with Gasteiger partial charge in [0.05, 0.1) is 11.9 Å². The van der Waals surface area contributed by atoms with Gasteiger partial charge in [-0.15, -0.1) is 0 Å². The molecule has 0 aliphatic heterocycles. The van der Waals surface area contributed by atoms with Crippen molar-refractivity contribution >= 4 is 27.7 Å². The van der Waals surface area contributed by atoms with Crippen molar-refractivity contribution in [3.8, 4) is 0 Å². The maximum absolute atomic E-state index is 12.5. The van der Waals surface area contributed by atoms with Gasteiger partial charge >= 0.3 is 6.09 Å². The van der Waals surface area contributed by atoms with Crippen LogP contribution in [0.5, 0.6) is 0 Å². The first kappa shape index (κ1) is 15.0. The molecule has 1 heterocycles. The standard InChI is InChI=1S/C17H17BrN2O2/c18-15-8-16(10-19-9-15)20(11-13-6-7-13)17(21)22-12-14-4-2-1-3-5-14/h1-5,8-10,13H,6-7,11-12H2. The minimum Gasteiger partial charge on any atom is -0.444 e. The molecule has 1 fully saturated rings. The first-order valence-electron chi connectivity index (χ1n) is 7.31. The van der Waals surface area contributed by atoms with Crippen LogP contribution in [-0.2, 0) is 11.3 Å². The summed E-state index contributed by atoms with van der Waals surface area (Å²) in [5, 5.41) is 0. The summed E-state index contributed by atoms with van der Waals surface area (Å²) in [6.07, 6.45) is 5.41. The first-order valence-corrected chi connectivity index (χ1v) is 8.10. The summed E-state index contributed by atoms with van der Waals surface area (Å²) in [4.78, 5) is 18.3. The van der Waals surface area contributed by atoms with Crippen LogP contribution in [0.4, 0.5) is 10.5 Å². The van der Waals surface area contributed by atoms with Crippen molar-refractivity contribution in [2.24, 2.45) is 5.92 Å². The largest absolute Gasteiger partial charge is 0.444 e. The minimum atomic E-state index is -0.323. The first-order chi connectivity index (χ1) is 10.7. The van der Waals surface area contributed by atoms with Crippen LogP contribution >= 0.6 is 15.9 Å². The number of amides is 1. The highest BCUT2D eigenvalue weighted by Crippen LogP contribution is 2.32. The van der Waals surface area contributed by atoms with Crippen molar-refractivity contribution in [1.29, 1.82) is 0 Å². The van der Waals surface area contributed by atoms with Crippen LogP contribution in [0, 0.1) is 5.92 Å². The highest BCUT2D eigenvalue weighted by molar-refractivity contribution is 9.10. The molecule has 0 spiro atoms. The van der Waals surface area contributed by atoms with E-state index in [1.807, 2.05) is 36.4 Å². The predicted molar refractivity (Wildman–Crippen MR) is 88.6 cm³/mol. The topological polar surface area (TPSA) is 42.4 Å². The molecule has 114 valence electrons. The van der Waals surface area contributed by atoms with Gasteiger partial charge in [-0.25, -0.2) is 4.79 Å². The lowest BCUT2D eigenvalue weighted by Gasteiger charge is -2.22. The zero-order valence-electron chi connectivity index (χ0n) is 12.1. The number of carbonyl (C=O) groups is 1. The van der Waals surface area contributed by atoms with Crippen LogP contribution in [0.2, 0.25) is 0 Å². The lowest BCUT2D eigenvalue weighted by Crippen LogP contribution is -2.33. The second-order valence-corrected chi connectivity index (χ2v) is 6.37. The number of nitrogens with zero attached hydrogens (tertiary/aromatic N) is 2. The van der Waals surface area contributed by atoms with Gasteiger partial charge in [-0.2, -0.15) is 0 Å². The van der Waals surface area contributed by atoms with Gasteiger partial charge in [-0.1, -0.05) is 30.3 Å². The van der Waals surface area contributed by atoms with E-state index in [9.17, 15) is 4.79 Å².